The second-order valence-electron chi connectivity index (χ2n) is 4.32. The van der Waals surface area contributed by atoms with Crippen LogP contribution in [0.5, 0.6) is 0 Å². The first-order valence-corrected chi connectivity index (χ1v) is 6.31. The minimum absolute atomic E-state index is 0.204. The maximum atomic E-state index is 11.1. The molecule has 0 amide bonds. The molecule has 0 spiro atoms. The quantitative estimate of drug-likeness (QED) is 0.787. The van der Waals surface area contributed by atoms with E-state index >= 15 is 0 Å². The molecule has 0 saturated carbocycles. The standard InChI is InChI=1S/C11H17N3O3S/c1-13-8(9(10(15)16)12-11(13)18)2-3-14-4-6-17-7-5-14/h2-7H2,1H3,(H,12,18)(H,15,16). The zero-order valence-corrected chi connectivity index (χ0v) is 11.1. The summed E-state index contributed by atoms with van der Waals surface area (Å²) in [5.74, 6) is -0.960. The molecule has 0 radical (unpaired) electrons. The largest absolute Gasteiger partial charge is 0.477 e. The van der Waals surface area contributed by atoms with Gasteiger partial charge in [-0.1, -0.05) is 0 Å². The third-order valence-electron chi connectivity index (χ3n) is 3.21. The first-order chi connectivity index (χ1) is 8.59. The molecule has 18 heavy (non-hydrogen) atoms. The van der Waals surface area contributed by atoms with Crippen molar-refractivity contribution in [2.75, 3.05) is 32.8 Å². The molecule has 0 unspecified atom stereocenters. The summed E-state index contributed by atoms with van der Waals surface area (Å²) in [5.41, 5.74) is 0.953. The Labute approximate surface area is 110 Å². The van der Waals surface area contributed by atoms with Gasteiger partial charge in [-0.25, -0.2) is 4.79 Å². The number of aromatic carboxylic acids is 1. The molecule has 0 bridgehead atoms. The van der Waals surface area contributed by atoms with E-state index in [2.05, 4.69) is 9.88 Å². The van der Waals surface area contributed by atoms with Crippen molar-refractivity contribution < 1.29 is 14.6 Å². The number of carboxylic acid groups (broad SMARTS) is 1. The number of morpholine rings is 1. The topological polar surface area (TPSA) is 70.5 Å². The summed E-state index contributed by atoms with van der Waals surface area (Å²) < 4.78 is 7.46. The van der Waals surface area contributed by atoms with E-state index in [1.54, 1.807) is 11.6 Å². The van der Waals surface area contributed by atoms with Crippen LogP contribution in [0.25, 0.3) is 0 Å². The molecule has 1 aromatic rings. The Morgan fingerprint density at radius 1 is 1.50 bits per heavy atom. The number of rotatable bonds is 4. The fourth-order valence-corrected chi connectivity index (χ4v) is 2.32. The summed E-state index contributed by atoms with van der Waals surface area (Å²) in [4.78, 5) is 16.1. The predicted molar refractivity (Wildman–Crippen MR) is 68.5 cm³/mol. The van der Waals surface area contributed by atoms with E-state index in [0.717, 1.165) is 38.5 Å². The monoisotopic (exact) mass is 271 g/mol. The summed E-state index contributed by atoms with van der Waals surface area (Å²) in [6, 6.07) is 0. The third kappa shape index (κ3) is 2.80. The molecule has 2 heterocycles. The number of hydrogen-bond donors (Lipinski definition) is 2. The van der Waals surface area contributed by atoms with Gasteiger partial charge in [0.25, 0.3) is 0 Å². The van der Waals surface area contributed by atoms with Crippen LogP contribution in [0.2, 0.25) is 0 Å². The molecular weight excluding hydrogens is 254 g/mol. The van der Waals surface area contributed by atoms with Crippen LogP contribution in [-0.4, -0.2) is 58.4 Å². The van der Waals surface area contributed by atoms with Crippen molar-refractivity contribution in [3.63, 3.8) is 0 Å². The van der Waals surface area contributed by atoms with Crippen molar-refractivity contribution in [1.29, 1.82) is 0 Å². The van der Waals surface area contributed by atoms with Gasteiger partial charge >= 0.3 is 5.97 Å². The number of ether oxygens (including phenoxy) is 1. The van der Waals surface area contributed by atoms with Gasteiger partial charge < -0.3 is 19.4 Å². The number of imidazole rings is 1. The zero-order valence-electron chi connectivity index (χ0n) is 10.3. The molecule has 1 aromatic heterocycles. The molecule has 1 fully saturated rings. The summed E-state index contributed by atoms with van der Waals surface area (Å²) in [6.07, 6.45) is 0.672. The van der Waals surface area contributed by atoms with Crippen LogP contribution >= 0.6 is 12.2 Å². The Balaban J connectivity index is 2.08. The summed E-state index contributed by atoms with van der Waals surface area (Å²) in [7, 11) is 1.79. The number of H-pyrrole nitrogens is 1. The summed E-state index contributed by atoms with van der Waals surface area (Å²) in [6.45, 7) is 4.12. The maximum absolute atomic E-state index is 11.1. The summed E-state index contributed by atoms with van der Waals surface area (Å²) >= 11 is 5.06. The highest BCUT2D eigenvalue weighted by atomic mass is 32.1. The van der Waals surface area contributed by atoms with E-state index in [1.165, 1.54) is 0 Å². The van der Waals surface area contributed by atoms with Crippen molar-refractivity contribution in [1.82, 2.24) is 14.5 Å². The third-order valence-corrected chi connectivity index (χ3v) is 3.59. The molecule has 1 aliphatic rings. The average molecular weight is 271 g/mol. The van der Waals surface area contributed by atoms with Gasteiger partial charge in [-0.05, 0) is 12.2 Å². The maximum Gasteiger partial charge on any atom is 0.354 e. The number of aromatic amines is 1. The normalized spacial score (nSPS) is 16.9. The fourth-order valence-electron chi connectivity index (χ4n) is 2.11. The Morgan fingerprint density at radius 3 is 2.78 bits per heavy atom. The molecule has 0 aliphatic carbocycles. The van der Waals surface area contributed by atoms with Crippen LogP contribution in [-0.2, 0) is 18.2 Å². The van der Waals surface area contributed by atoms with Crippen LogP contribution in [0.1, 0.15) is 16.2 Å². The molecule has 2 rings (SSSR count). The Bertz CT molecular complexity index is 488. The molecule has 2 N–H and O–H groups in total. The predicted octanol–water partition coefficient (Wildman–Crippen LogP) is 0.656. The van der Waals surface area contributed by atoms with E-state index in [-0.39, 0.29) is 5.69 Å². The van der Waals surface area contributed by atoms with E-state index < -0.39 is 5.97 Å². The van der Waals surface area contributed by atoms with Crippen molar-refractivity contribution >= 4 is 18.2 Å². The van der Waals surface area contributed by atoms with Crippen LogP contribution in [0.3, 0.4) is 0 Å². The minimum Gasteiger partial charge on any atom is -0.477 e. The Hall–Kier alpha value is -1.18. The number of carbonyl (C=O) groups is 1. The second-order valence-corrected chi connectivity index (χ2v) is 4.71. The molecule has 100 valence electrons. The number of carboxylic acids is 1. The van der Waals surface area contributed by atoms with Gasteiger partial charge in [0.15, 0.2) is 4.77 Å². The lowest BCUT2D eigenvalue weighted by Crippen LogP contribution is -2.37. The highest BCUT2D eigenvalue weighted by Gasteiger charge is 2.17. The van der Waals surface area contributed by atoms with Crippen LogP contribution in [0, 0.1) is 4.77 Å². The van der Waals surface area contributed by atoms with Crippen LogP contribution in [0.15, 0.2) is 0 Å². The van der Waals surface area contributed by atoms with Gasteiger partial charge in [-0.15, -0.1) is 0 Å². The zero-order chi connectivity index (χ0) is 13.1. The molecule has 0 aromatic carbocycles. The molecule has 6 nitrogen and oxygen atoms in total. The van der Waals surface area contributed by atoms with Gasteiger partial charge in [0, 0.05) is 33.1 Å². The van der Waals surface area contributed by atoms with Gasteiger partial charge in [-0.2, -0.15) is 0 Å². The number of aromatic nitrogens is 2. The van der Waals surface area contributed by atoms with Crippen LogP contribution < -0.4 is 0 Å². The van der Waals surface area contributed by atoms with Gasteiger partial charge in [0.05, 0.1) is 18.9 Å². The molecule has 0 atom stereocenters. The minimum atomic E-state index is -0.960. The van der Waals surface area contributed by atoms with Crippen LogP contribution in [0.4, 0.5) is 0 Å². The number of nitrogens with zero attached hydrogens (tertiary/aromatic N) is 2. The van der Waals surface area contributed by atoms with Crippen molar-refractivity contribution in [2.45, 2.75) is 6.42 Å². The highest BCUT2D eigenvalue weighted by Crippen LogP contribution is 2.10. The molecular formula is C11H17N3O3S. The van der Waals surface area contributed by atoms with Crippen molar-refractivity contribution in [3.8, 4) is 0 Å². The molecule has 1 aliphatic heterocycles. The van der Waals surface area contributed by atoms with Crippen molar-refractivity contribution in [2.24, 2.45) is 7.05 Å². The lowest BCUT2D eigenvalue weighted by molar-refractivity contribution is 0.0382. The number of hydrogen-bond acceptors (Lipinski definition) is 4. The van der Waals surface area contributed by atoms with Gasteiger partial charge in [0.2, 0.25) is 0 Å². The van der Waals surface area contributed by atoms with E-state index in [1.807, 2.05) is 0 Å². The fraction of sp³-hybridized carbons (Fsp3) is 0.636. The summed E-state index contributed by atoms with van der Waals surface area (Å²) in [5, 5.41) is 9.12. The molecule has 1 saturated heterocycles. The smallest absolute Gasteiger partial charge is 0.354 e. The van der Waals surface area contributed by atoms with Crippen molar-refractivity contribution in [3.05, 3.63) is 16.2 Å². The van der Waals surface area contributed by atoms with Gasteiger partial charge in [0.1, 0.15) is 5.69 Å². The van der Waals surface area contributed by atoms with E-state index in [9.17, 15) is 4.79 Å². The molecule has 7 heteroatoms. The SMILES string of the molecule is Cn1c(CCN2CCOCC2)c(C(=O)O)[nH]c1=S. The Morgan fingerprint density at radius 2 is 2.17 bits per heavy atom. The Kier molecular flexibility index (Phi) is 4.15. The lowest BCUT2D eigenvalue weighted by atomic mass is 10.2. The van der Waals surface area contributed by atoms with E-state index in [4.69, 9.17) is 22.1 Å². The highest BCUT2D eigenvalue weighted by molar-refractivity contribution is 7.71. The van der Waals surface area contributed by atoms with E-state index in [0.29, 0.717) is 11.2 Å². The first-order valence-electron chi connectivity index (χ1n) is 5.91. The van der Waals surface area contributed by atoms with Gasteiger partial charge in [-0.3, -0.25) is 4.90 Å². The average Bonchev–Trinajstić information content (AvgIpc) is 2.65. The first kappa shape index (κ1) is 13.3. The second kappa shape index (κ2) is 5.64. The lowest BCUT2D eigenvalue weighted by Gasteiger charge is -2.26. The number of nitrogens with one attached hydrogen (secondary N) is 1.